The van der Waals surface area contributed by atoms with Crippen molar-refractivity contribution in [1.82, 2.24) is 14.9 Å². The summed E-state index contributed by atoms with van der Waals surface area (Å²) in [5, 5.41) is 2.87. The first-order valence-corrected chi connectivity index (χ1v) is 7.46. The molecule has 1 aliphatic rings. The molecule has 6 heteroatoms. The van der Waals surface area contributed by atoms with Gasteiger partial charge in [0, 0.05) is 19.3 Å². The van der Waals surface area contributed by atoms with Crippen LogP contribution in [0.15, 0.2) is 12.5 Å². The Morgan fingerprint density at radius 2 is 2.14 bits per heavy atom. The van der Waals surface area contributed by atoms with Gasteiger partial charge in [-0.3, -0.25) is 0 Å². The predicted molar refractivity (Wildman–Crippen MR) is 79.1 cm³/mol. The lowest BCUT2D eigenvalue weighted by atomic mass is 10.1. The van der Waals surface area contributed by atoms with Crippen molar-refractivity contribution in [2.45, 2.75) is 58.2 Å². The minimum atomic E-state index is -0.495. The lowest BCUT2D eigenvalue weighted by molar-refractivity contribution is 0.0500. The average Bonchev–Trinajstić information content (AvgIpc) is 2.86. The Bertz CT molecular complexity index is 473. The van der Waals surface area contributed by atoms with E-state index in [0.29, 0.717) is 6.04 Å². The Hall–Kier alpha value is -1.56. The molecular weight excluding hydrogens is 270 g/mol. The summed E-state index contributed by atoms with van der Waals surface area (Å²) in [5.41, 5.74) is 0.498. The van der Waals surface area contributed by atoms with Crippen LogP contribution in [0.2, 0.25) is 0 Å². The normalized spacial score (nSPS) is 18.3. The molecule has 0 aromatic carbocycles. The number of ether oxygens (including phenoxy) is 2. The number of carbonyl (C=O) groups excluding carboxylic acids is 1. The van der Waals surface area contributed by atoms with Crippen LogP contribution in [0.25, 0.3) is 0 Å². The van der Waals surface area contributed by atoms with Crippen LogP contribution in [-0.2, 0) is 9.47 Å². The highest BCUT2D eigenvalue weighted by Gasteiger charge is 2.23. The van der Waals surface area contributed by atoms with Crippen molar-refractivity contribution in [3.63, 3.8) is 0 Å². The van der Waals surface area contributed by atoms with Gasteiger partial charge in [-0.25, -0.2) is 9.78 Å². The molecule has 1 fully saturated rings. The van der Waals surface area contributed by atoms with Gasteiger partial charge in [0.2, 0.25) is 0 Å². The van der Waals surface area contributed by atoms with Crippen molar-refractivity contribution in [2.75, 3.05) is 13.2 Å². The van der Waals surface area contributed by atoms with Crippen molar-refractivity contribution < 1.29 is 14.3 Å². The van der Waals surface area contributed by atoms with E-state index in [1.165, 1.54) is 0 Å². The standard InChI is InChI=1S/C15H25N3O3/c1-11(17-14(19)21-15(2,3)4)13-9-16-10-18(13)12-5-7-20-8-6-12/h9-12H,5-8H2,1-4H3,(H,17,19). The van der Waals surface area contributed by atoms with Gasteiger partial charge in [0.25, 0.3) is 0 Å². The van der Waals surface area contributed by atoms with Gasteiger partial charge < -0.3 is 19.4 Å². The lowest BCUT2D eigenvalue weighted by Gasteiger charge is -2.27. The summed E-state index contributed by atoms with van der Waals surface area (Å²) < 4.78 is 12.8. The maximum Gasteiger partial charge on any atom is 0.408 e. The predicted octanol–water partition coefficient (Wildman–Crippen LogP) is 2.82. The summed E-state index contributed by atoms with van der Waals surface area (Å²) in [6.45, 7) is 9.04. The Labute approximate surface area is 125 Å². The number of rotatable bonds is 3. The number of amides is 1. The van der Waals surface area contributed by atoms with Crippen LogP contribution in [-0.4, -0.2) is 34.5 Å². The molecule has 2 heterocycles. The molecule has 1 N–H and O–H groups in total. The zero-order chi connectivity index (χ0) is 15.5. The second-order valence-corrected chi connectivity index (χ2v) is 6.44. The Morgan fingerprint density at radius 3 is 2.76 bits per heavy atom. The van der Waals surface area contributed by atoms with E-state index in [2.05, 4.69) is 14.9 Å². The smallest absolute Gasteiger partial charge is 0.408 e. The van der Waals surface area contributed by atoms with Crippen molar-refractivity contribution in [3.8, 4) is 0 Å². The second-order valence-electron chi connectivity index (χ2n) is 6.44. The fourth-order valence-electron chi connectivity index (χ4n) is 2.48. The Kier molecular flexibility index (Phi) is 4.88. The van der Waals surface area contributed by atoms with Crippen molar-refractivity contribution in [2.24, 2.45) is 0 Å². The third-order valence-corrected chi connectivity index (χ3v) is 3.46. The van der Waals surface area contributed by atoms with Crippen molar-refractivity contribution >= 4 is 6.09 Å². The first kappa shape index (κ1) is 15.8. The fourth-order valence-corrected chi connectivity index (χ4v) is 2.48. The van der Waals surface area contributed by atoms with Gasteiger partial charge in [0.15, 0.2) is 0 Å². The van der Waals surface area contributed by atoms with Gasteiger partial charge in [0.1, 0.15) is 5.60 Å². The Morgan fingerprint density at radius 1 is 1.48 bits per heavy atom. The first-order valence-electron chi connectivity index (χ1n) is 7.46. The summed E-state index contributed by atoms with van der Waals surface area (Å²) in [5.74, 6) is 0. The summed E-state index contributed by atoms with van der Waals surface area (Å²) in [6, 6.07) is 0.240. The van der Waals surface area contributed by atoms with Crippen molar-refractivity contribution in [3.05, 3.63) is 18.2 Å². The van der Waals surface area contributed by atoms with Gasteiger partial charge in [-0.2, -0.15) is 0 Å². The van der Waals surface area contributed by atoms with E-state index in [0.717, 1.165) is 31.7 Å². The fraction of sp³-hybridized carbons (Fsp3) is 0.733. The summed E-state index contributed by atoms with van der Waals surface area (Å²) >= 11 is 0. The molecule has 6 nitrogen and oxygen atoms in total. The van der Waals surface area contributed by atoms with Crippen molar-refractivity contribution in [1.29, 1.82) is 0 Å². The maximum absolute atomic E-state index is 11.9. The number of hydrogen-bond donors (Lipinski definition) is 1. The van der Waals surface area contributed by atoms with Crippen LogP contribution in [0.5, 0.6) is 0 Å². The van der Waals surface area contributed by atoms with E-state index in [-0.39, 0.29) is 6.04 Å². The quantitative estimate of drug-likeness (QED) is 0.931. The molecular formula is C15H25N3O3. The molecule has 1 aromatic rings. The number of carbonyl (C=O) groups is 1. The summed E-state index contributed by atoms with van der Waals surface area (Å²) in [6.07, 6.45) is 5.18. The molecule has 0 bridgehead atoms. The molecule has 0 aliphatic carbocycles. The molecule has 2 rings (SSSR count). The lowest BCUT2D eigenvalue weighted by Crippen LogP contribution is -2.35. The number of hydrogen-bond acceptors (Lipinski definition) is 4. The maximum atomic E-state index is 11.9. The van der Waals surface area contributed by atoms with Crippen LogP contribution in [0.3, 0.4) is 0 Å². The topological polar surface area (TPSA) is 65.4 Å². The molecule has 1 atom stereocenters. The minimum Gasteiger partial charge on any atom is -0.444 e. The molecule has 0 radical (unpaired) electrons. The number of nitrogens with one attached hydrogen (secondary N) is 1. The van der Waals surface area contributed by atoms with E-state index in [1.807, 2.05) is 34.0 Å². The number of alkyl carbamates (subject to hydrolysis) is 1. The van der Waals surface area contributed by atoms with E-state index in [4.69, 9.17) is 9.47 Å². The molecule has 118 valence electrons. The highest BCUT2D eigenvalue weighted by atomic mass is 16.6. The van der Waals surface area contributed by atoms with E-state index >= 15 is 0 Å². The third kappa shape index (κ3) is 4.46. The molecule has 1 saturated heterocycles. The van der Waals surface area contributed by atoms with Crippen LogP contribution >= 0.6 is 0 Å². The molecule has 0 spiro atoms. The van der Waals surface area contributed by atoms with Gasteiger partial charge in [0.05, 0.1) is 24.3 Å². The van der Waals surface area contributed by atoms with Crippen LogP contribution in [0, 0.1) is 0 Å². The highest BCUT2D eigenvalue weighted by molar-refractivity contribution is 5.68. The van der Waals surface area contributed by atoms with Gasteiger partial charge in [-0.05, 0) is 40.5 Å². The second kappa shape index (κ2) is 6.47. The third-order valence-electron chi connectivity index (χ3n) is 3.46. The number of imidazole rings is 1. The highest BCUT2D eigenvalue weighted by Crippen LogP contribution is 2.25. The van der Waals surface area contributed by atoms with E-state index < -0.39 is 11.7 Å². The molecule has 1 aromatic heterocycles. The van der Waals surface area contributed by atoms with Crippen LogP contribution in [0.4, 0.5) is 4.79 Å². The molecule has 1 aliphatic heterocycles. The van der Waals surface area contributed by atoms with Gasteiger partial charge >= 0.3 is 6.09 Å². The Balaban J connectivity index is 2.01. The molecule has 0 saturated carbocycles. The summed E-state index contributed by atoms with van der Waals surface area (Å²) in [7, 11) is 0. The zero-order valence-electron chi connectivity index (χ0n) is 13.3. The zero-order valence-corrected chi connectivity index (χ0v) is 13.3. The molecule has 1 amide bonds. The first-order chi connectivity index (χ1) is 9.87. The van der Waals surface area contributed by atoms with E-state index in [1.54, 1.807) is 6.20 Å². The van der Waals surface area contributed by atoms with Crippen LogP contribution < -0.4 is 5.32 Å². The molecule has 21 heavy (non-hydrogen) atoms. The van der Waals surface area contributed by atoms with Crippen LogP contribution in [0.1, 0.15) is 58.3 Å². The van der Waals surface area contributed by atoms with Gasteiger partial charge in [-0.15, -0.1) is 0 Å². The molecule has 1 unspecified atom stereocenters. The largest absolute Gasteiger partial charge is 0.444 e. The SMILES string of the molecule is CC(NC(=O)OC(C)(C)C)c1cncn1C1CCOCC1. The van der Waals surface area contributed by atoms with Gasteiger partial charge in [-0.1, -0.05) is 0 Å². The summed E-state index contributed by atoms with van der Waals surface area (Å²) in [4.78, 5) is 16.1. The number of aromatic nitrogens is 2. The van der Waals surface area contributed by atoms with E-state index in [9.17, 15) is 4.79 Å². The minimum absolute atomic E-state index is 0.148. The average molecular weight is 295 g/mol. The monoisotopic (exact) mass is 295 g/mol. The number of nitrogens with zero attached hydrogens (tertiary/aromatic N) is 2.